The van der Waals surface area contributed by atoms with Gasteiger partial charge in [0.2, 0.25) is 5.91 Å². The molecule has 6 nitrogen and oxygen atoms in total. The highest BCUT2D eigenvalue weighted by atomic mass is 35.5. The van der Waals surface area contributed by atoms with Crippen molar-refractivity contribution in [1.82, 2.24) is 14.9 Å². The van der Waals surface area contributed by atoms with E-state index in [1.165, 1.54) is 12.4 Å². The van der Waals surface area contributed by atoms with E-state index in [0.29, 0.717) is 18.1 Å². The monoisotopic (exact) mass is 421 g/mol. The van der Waals surface area contributed by atoms with Crippen LogP contribution in [0.4, 0.5) is 0 Å². The predicted molar refractivity (Wildman–Crippen MR) is 112 cm³/mol. The molecule has 0 radical (unpaired) electrons. The molecule has 1 saturated heterocycles. The summed E-state index contributed by atoms with van der Waals surface area (Å²) in [5.41, 5.74) is 1.79. The largest absolute Gasteiger partial charge is 0.458 e. The van der Waals surface area contributed by atoms with Crippen LogP contribution >= 0.6 is 11.6 Å². The summed E-state index contributed by atoms with van der Waals surface area (Å²) in [5.74, 6) is 1.13. The van der Waals surface area contributed by atoms with Gasteiger partial charge in [-0.05, 0) is 25.0 Å². The Bertz CT molecular complexity index is 1030. The summed E-state index contributed by atoms with van der Waals surface area (Å²) in [5, 5.41) is 0.458. The third kappa shape index (κ3) is 3.59. The van der Waals surface area contributed by atoms with Crippen LogP contribution in [0.3, 0.4) is 0 Å². The molecule has 2 aromatic carbocycles. The number of nitrogens with zero attached hydrogens (tertiary/aromatic N) is 3. The fourth-order valence-electron chi connectivity index (χ4n) is 4.10. The maximum atomic E-state index is 13.7. The highest BCUT2D eigenvalue weighted by molar-refractivity contribution is 6.30. The second-order valence-corrected chi connectivity index (χ2v) is 7.90. The first kappa shape index (κ1) is 18.9. The second-order valence-electron chi connectivity index (χ2n) is 7.46. The zero-order valence-corrected chi connectivity index (χ0v) is 17.0. The van der Waals surface area contributed by atoms with Crippen LogP contribution in [0.2, 0.25) is 5.02 Å². The van der Waals surface area contributed by atoms with Crippen LogP contribution in [0.15, 0.2) is 60.9 Å². The van der Waals surface area contributed by atoms with Gasteiger partial charge in [0.05, 0.1) is 29.9 Å². The van der Waals surface area contributed by atoms with E-state index in [4.69, 9.17) is 21.1 Å². The molecule has 30 heavy (non-hydrogen) atoms. The highest BCUT2D eigenvalue weighted by Gasteiger charge is 2.37. The smallest absolute Gasteiger partial charge is 0.316 e. The molecule has 2 aliphatic heterocycles. The quantitative estimate of drug-likeness (QED) is 0.625. The number of carbonyl (C=O) groups is 1. The maximum Gasteiger partial charge on any atom is 0.316 e. The Morgan fingerprint density at radius 2 is 1.67 bits per heavy atom. The van der Waals surface area contributed by atoms with Crippen molar-refractivity contribution in [3.05, 3.63) is 77.1 Å². The van der Waals surface area contributed by atoms with Gasteiger partial charge in [-0.25, -0.2) is 9.97 Å². The summed E-state index contributed by atoms with van der Waals surface area (Å²) in [6.45, 7) is 1.19. The number of hydrogen-bond acceptors (Lipinski definition) is 5. The summed E-state index contributed by atoms with van der Waals surface area (Å²) < 4.78 is 11.9. The van der Waals surface area contributed by atoms with Crippen molar-refractivity contribution in [3.8, 4) is 17.5 Å². The number of halogens is 1. The minimum atomic E-state index is -0.392. The fraction of sp³-hybridized carbons (Fsp3) is 0.261. The number of para-hydroxylation sites is 2. The van der Waals surface area contributed by atoms with Gasteiger partial charge in [0.15, 0.2) is 0 Å². The van der Waals surface area contributed by atoms with Crippen LogP contribution in [0.25, 0.3) is 0 Å². The minimum Gasteiger partial charge on any atom is -0.458 e. The number of aromatic nitrogens is 2. The van der Waals surface area contributed by atoms with Gasteiger partial charge >= 0.3 is 6.01 Å². The fourth-order valence-corrected chi connectivity index (χ4v) is 4.20. The summed E-state index contributed by atoms with van der Waals surface area (Å²) >= 11 is 5.84. The lowest BCUT2D eigenvalue weighted by Gasteiger charge is -2.36. The number of amides is 1. The van der Waals surface area contributed by atoms with E-state index in [2.05, 4.69) is 9.97 Å². The van der Waals surface area contributed by atoms with Gasteiger partial charge in [0.25, 0.3) is 0 Å². The highest BCUT2D eigenvalue weighted by Crippen LogP contribution is 2.44. The molecule has 152 valence electrons. The molecule has 0 saturated carbocycles. The number of ether oxygens (including phenoxy) is 2. The third-order valence-corrected chi connectivity index (χ3v) is 5.68. The molecule has 0 unspecified atom stereocenters. The van der Waals surface area contributed by atoms with Gasteiger partial charge in [-0.2, -0.15) is 0 Å². The van der Waals surface area contributed by atoms with Crippen LogP contribution in [0.1, 0.15) is 29.9 Å². The summed E-state index contributed by atoms with van der Waals surface area (Å²) in [7, 11) is 0. The molecule has 7 heteroatoms. The summed E-state index contributed by atoms with van der Waals surface area (Å²) in [6, 6.07) is 15.8. The average molecular weight is 422 g/mol. The number of fused-ring (bicyclic) bond motifs is 2. The molecule has 1 amide bonds. The molecule has 0 aliphatic carbocycles. The van der Waals surface area contributed by atoms with Gasteiger partial charge in [-0.3, -0.25) is 4.79 Å². The van der Waals surface area contributed by atoms with E-state index in [0.717, 1.165) is 35.5 Å². The zero-order valence-electron chi connectivity index (χ0n) is 16.2. The van der Waals surface area contributed by atoms with Gasteiger partial charge in [-0.15, -0.1) is 0 Å². The second kappa shape index (κ2) is 7.95. The third-order valence-electron chi connectivity index (χ3n) is 5.49. The number of piperidine rings is 1. The molecule has 2 aliphatic rings. The number of rotatable bonds is 3. The SMILES string of the molecule is O=C(C1c2ccccc2Oc2ccccc21)N1CCC[C@@H](Oc2ncc(Cl)cn2)C1. The van der Waals surface area contributed by atoms with E-state index < -0.39 is 5.92 Å². The van der Waals surface area contributed by atoms with Crippen molar-refractivity contribution in [2.24, 2.45) is 0 Å². The van der Waals surface area contributed by atoms with E-state index in [9.17, 15) is 4.79 Å². The zero-order chi connectivity index (χ0) is 20.5. The Kier molecular flexibility index (Phi) is 5.01. The maximum absolute atomic E-state index is 13.7. The van der Waals surface area contributed by atoms with Crippen molar-refractivity contribution >= 4 is 17.5 Å². The van der Waals surface area contributed by atoms with Gasteiger partial charge in [0.1, 0.15) is 17.6 Å². The number of hydrogen-bond donors (Lipinski definition) is 0. The van der Waals surface area contributed by atoms with Crippen LogP contribution in [0.5, 0.6) is 17.5 Å². The molecule has 0 bridgehead atoms. The van der Waals surface area contributed by atoms with Gasteiger partial charge < -0.3 is 14.4 Å². The molecule has 5 rings (SSSR count). The molecule has 1 aromatic heterocycles. The molecular formula is C23H20ClN3O3. The van der Waals surface area contributed by atoms with E-state index >= 15 is 0 Å². The van der Waals surface area contributed by atoms with Crippen molar-refractivity contribution in [1.29, 1.82) is 0 Å². The van der Waals surface area contributed by atoms with Crippen LogP contribution < -0.4 is 9.47 Å². The van der Waals surface area contributed by atoms with Crippen molar-refractivity contribution in [2.45, 2.75) is 24.9 Å². The van der Waals surface area contributed by atoms with E-state index in [1.54, 1.807) is 0 Å². The minimum absolute atomic E-state index is 0.0588. The average Bonchev–Trinajstić information content (AvgIpc) is 2.79. The molecular weight excluding hydrogens is 402 g/mol. The lowest BCUT2D eigenvalue weighted by molar-refractivity contribution is -0.134. The van der Waals surface area contributed by atoms with Crippen LogP contribution in [0, 0.1) is 0 Å². The predicted octanol–water partition coefficient (Wildman–Crippen LogP) is 4.44. The van der Waals surface area contributed by atoms with Gasteiger partial charge in [-0.1, -0.05) is 48.0 Å². The van der Waals surface area contributed by atoms with Crippen LogP contribution in [-0.2, 0) is 4.79 Å². The lowest BCUT2D eigenvalue weighted by Crippen LogP contribution is -2.46. The molecule has 1 fully saturated rings. The Balaban J connectivity index is 1.40. The first-order valence-corrected chi connectivity index (χ1v) is 10.4. The topological polar surface area (TPSA) is 64.5 Å². The van der Waals surface area contributed by atoms with Crippen molar-refractivity contribution in [2.75, 3.05) is 13.1 Å². The van der Waals surface area contributed by atoms with Crippen molar-refractivity contribution in [3.63, 3.8) is 0 Å². The molecule has 3 aromatic rings. The van der Waals surface area contributed by atoms with Crippen molar-refractivity contribution < 1.29 is 14.3 Å². The standard InChI is InChI=1S/C23H20ClN3O3/c24-15-12-25-23(26-13-15)29-16-6-5-11-27(14-16)22(28)21-17-7-1-3-9-19(17)30-20-10-4-2-8-18(20)21/h1-4,7-10,12-13,16,21H,5-6,11,14H2/t16-/m1/s1. The number of benzene rings is 2. The normalized spacial score (nSPS) is 18.2. The first-order valence-electron chi connectivity index (χ1n) is 9.98. The number of likely N-dealkylation sites (tertiary alicyclic amines) is 1. The molecule has 0 N–H and O–H groups in total. The lowest BCUT2D eigenvalue weighted by atomic mass is 9.86. The van der Waals surface area contributed by atoms with Crippen LogP contribution in [-0.4, -0.2) is 40.0 Å². The van der Waals surface area contributed by atoms with E-state index in [1.807, 2.05) is 53.4 Å². The van der Waals surface area contributed by atoms with Gasteiger partial charge in [0, 0.05) is 17.7 Å². The first-order chi connectivity index (χ1) is 14.7. The number of carbonyl (C=O) groups excluding carboxylic acids is 1. The Labute approximate surface area is 179 Å². The molecule has 0 spiro atoms. The molecule has 3 heterocycles. The van der Waals surface area contributed by atoms with E-state index in [-0.39, 0.29) is 18.0 Å². The summed E-state index contributed by atoms with van der Waals surface area (Å²) in [4.78, 5) is 23.8. The Morgan fingerprint density at radius 3 is 2.33 bits per heavy atom. The Morgan fingerprint density at radius 1 is 1.03 bits per heavy atom. The Hall–Kier alpha value is -3.12. The molecule has 1 atom stereocenters. The summed E-state index contributed by atoms with van der Waals surface area (Å²) in [6.07, 6.45) is 4.55.